The number of aromatic nitrogens is 2. The molecule has 0 saturated heterocycles. The summed E-state index contributed by atoms with van der Waals surface area (Å²) < 4.78 is 14.9. The van der Waals surface area contributed by atoms with Gasteiger partial charge in [0.25, 0.3) is 5.19 Å². The summed E-state index contributed by atoms with van der Waals surface area (Å²) in [6.45, 7) is 2.00. The van der Waals surface area contributed by atoms with E-state index in [4.69, 9.17) is 15.2 Å². The molecule has 2 aromatic rings. The molecule has 0 aliphatic carbocycles. The molecule has 0 aliphatic heterocycles. The summed E-state index contributed by atoms with van der Waals surface area (Å²) >= 11 is 1.22. The zero-order chi connectivity index (χ0) is 12.3. The molecule has 1 heterocycles. The normalized spacial score (nSPS) is 10.2. The Morgan fingerprint density at radius 3 is 2.82 bits per heavy atom. The Labute approximate surface area is 103 Å². The molecule has 90 valence electrons. The second kappa shape index (κ2) is 5.01. The highest BCUT2D eigenvalue weighted by Crippen LogP contribution is 2.33. The van der Waals surface area contributed by atoms with Crippen molar-refractivity contribution in [2.45, 2.75) is 13.3 Å². The van der Waals surface area contributed by atoms with E-state index in [-0.39, 0.29) is 0 Å². The Balaban J connectivity index is 2.23. The van der Waals surface area contributed by atoms with Gasteiger partial charge in [-0.3, -0.25) is 0 Å². The molecule has 0 unspecified atom stereocenters. The Hall–Kier alpha value is -1.82. The van der Waals surface area contributed by atoms with Crippen molar-refractivity contribution in [3.8, 4) is 16.7 Å². The van der Waals surface area contributed by atoms with Crippen LogP contribution in [-0.4, -0.2) is 16.5 Å². The quantitative estimate of drug-likeness (QED) is 0.845. The minimum absolute atomic E-state index is 0.505. The molecule has 1 aromatic heterocycles. The van der Waals surface area contributed by atoms with Crippen LogP contribution in [0.3, 0.4) is 0 Å². The number of aryl methyl sites for hydroxylation is 1. The van der Waals surface area contributed by atoms with Crippen LogP contribution in [0.25, 0.3) is 0 Å². The van der Waals surface area contributed by atoms with E-state index >= 15 is 0 Å². The van der Waals surface area contributed by atoms with Crippen LogP contribution in [-0.2, 0) is 6.42 Å². The molecule has 17 heavy (non-hydrogen) atoms. The minimum atomic E-state index is 0.505. The van der Waals surface area contributed by atoms with Crippen molar-refractivity contribution in [2.24, 2.45) is 0 Å². The van der Waals surface area contributed by atoms with Crippen molar-refractivity contribution in [3.63, 3.8) is 0 Å². The lowest BCUT2D eigenvalue weighted by Gasteiger charge is -2.07. The summed E-state index contributed by atoms with van der Waals surface area (Å²) in [6.07, 6.45) is 0.790. The minimum Gasteiger partial charge on any atom is -0.493 e. The second-order valence-electron chi connectivity index (χ2n) is 3.34. The highest BCUT2D eigenvalue weighted by atomic mass is 32.1. The van der Waals surface area contributed by atoms with Crippen LogP contribution in [0.5, 0.6) is 16.7 Å². The van der Waals surface area contributed by atoms with Gasteiger partial charge in [0.2, 0.25) is 0 Å². The number of ether oxygens (including phenoxy) is 2. The van der Waals surface area contributed by atoms with Crippen LogP contribution in [0, 0.1) is 0 Å². The van der Waals surface area contributed by atoms with Gasteiger partial charge in [-0.05, 0) is 12.1 Å². The summed E-state index contributed by atoms with van der Waals surface area (Å²) in [5, 5.41) is 0.505. The molecular weight excluding hydrogens is 238 g/mol. The average Bonchev–Trinajstić information content (AvgIpc) is 2.79. The van der Waals surface area contributed by atoms with Crippen molar-refractivity contribution in [1.29, 1.82) is 0 Å². The fourth-order valence-electron chi connectivity index (χ4n) is 1.29. The molecule has 0 saturated carbocycles. The van der Waals surface area contributed by atoms with Crippen molar-refractivity contribution >= 4 is 17.2 Å². The molecule has 0 amide bonds. The topological polar surface area (TPSA) is 70.3 Å². The molecule has 1 aromatic carbocycles. The lowest BCUT2D eigenvalue weighted by Crippen LogP contribution is -1.92. The molecule has 0 radical (unpaired) electrons. The largest absolute Gasteiger partial charge is 0.493 e. The number of hydrogen-bond acceptors (Lipinski definition) is 6. The van der Waals surface area contributed by atoms with Crippen LogP contribution >= 0.6 is 11.5 Å². The second-order valence-corrected chi connectivity index (χ2v) is 4.06. The van der Waals surface area contributed by atoms with Gasteiger partial charge in [0.05, 0.1) is 7.11 Å². The molecule has 5 nitrogen and oxygen atoms in total. The first-order valence-corrected chi connectivity index (χ1v) is 5.94. The van der Waals surface area contributed by atoms with Crippen LogP contribution in [0.15, 0.2) is 18.2 Å². The zero-order valence-electron chi connectivity index (χ0n) is 9.64. The lowest BCUT2D eigenvalue weighted by atomic mass is 10.3. The van der Waals surface area contributed by atoms with E-state index in [1.54, 1.807) is 25.3 Å². The summed E-state index contributed by atoms with van der Waals surface area (Å²) in [6, 6.07) is 5.21. The number of methoxy groups -OCH3 is 1. The third kappa shape index (κ3) is 2.65. The fraction of sp³-hybridized carbons (Fsp3) is 0.273. The molecule has 0 spiro atoms. The maximum Gasteiger partial charge on any atom is 0.298 e. The van der Waals surface area contributed by atoms with E-state index in [0.717, 1.165) is 12.2 Å². The van der Waals surface area contributed by atoms with E-state index in [1.807, 2.05) is 6.92 Å². The van der Waals surface area contributed by atoms with Crippen molar-refractivity contribution in [3.05, 3.63) is 24.0 Å². The van der Waals surface area contributed by atoms with Crippen LogP contribution in [0.1, 0.15) is 12.7 Å². The Morgan fingerprint density at radius 1 is 1.35 bits per heavy atom. The van der Waals surface area contributed by atoms with Gasteiger partial charge in [-0.25, -0.2) is 0 Å². The average molecular weight is 251 g/mol. The van der Waals surface area contributed by atoms with Crippen LogP contribution in [0.2, 0.25) is 0 Å². The van der Waals surface area contributed by atoms with Gasteiger partial charge in [-0.2, -0.15) is 9.36 Å². The Kier molecular flexibility index (Phi) is 3.43. The maximum absolute atomic E-state index is 5.66. The number of anilines is 1. The van der Waals surface area contributed by atoms with Gasteiger partial charge in [0.1, 0.15) is 5.82 Å². The number of nitrogens with zero attached hydrogens (tertiary/aromatic N) is 2. The highest BCUT2D eigenvalue weighted by molar-refractivity contribution is 7.07. The molecule has 0 atom stereocenters. The van der Waals surface area contributed by atoms with Crippen LogP contribution in [0.4, 0.5) is 5.69 Å². The third-order valence-corrected chi connectivity index (χ3v) is 2.78. The fourth-order valence-corrected chi connectivity index (χ4v) is 1.91. The van der Waals surface area contributed by atoms with Gasteiger partial charge < -0.3 is 15.2 Å². The number of hydrogen-bond donors (Lipinski definition) is 1. The summed E-state index contributed by atoms with van der Waals surface area (Å²) in [4.78, 5) is 4.22. The smallest absolute Gasteiger partial charge is 0.298 e. The van der Waals surface area contributed by atoms with E-state index < -0.39 is 0 Å². The first kappa shape index (κ1) is 11.7. The van der Waals surface area contributed by atoms with Crippen molar-refractivity contribution in [1.82, 2.24) is 9.36 Å². The Morgan fingerprint density at radius 2 is 2.18 bits per heavy atom. The first-order chi connectivity index (χ1) is 8.22. The van der Waals surface area contributed by atoms with E-state index in [0.29, 0.717) is 22.4 Å². The van der Waals surface area contributed by atoms with Gasteiger partial charge >= 0.3 is 0 Å². The van der Waals surface area contributed by atoms with Crippen molar-refractivity contribution < 1.29 is 9.47 Å². The molecule has 0 aliphatic rings. The van der Waals surface area contributed by atoms with Crippen LogP contribution < -0.4 is 15.2 Å². The predicted octanol–water partition coefficient (Wildman–Crippen LogP) is 2.48. The lowest BCUT2D eigenvalue weighted by molar-refractivity contribution is 0.378. The van der Waals surface area contributed by atoms with Gasteiger partial charge in [0, 0.05) is 29.7 Å². The van der Waals surface area contributed by atoms with E-state index in [9.17, 15) is 0 Å². The molecule has 2 rings (SSSR count). The summed E-state index contributed by atoms with van der Waals surface area (Å²) in [7, 11) is 1.57. The zero-order valence-corrected chi connectivity index (χ0v) is 10.5. The SMILES string of the molecule is CCc1nsc(Oc2ccc(N)cc2OC)n1. The van der Waals surface area contributed by atoms with Gasteiger partial charge in [-0.15, -0.1) is 0 Å². The summed E-state index contributed by atoms with van der Waals surface area (Å²) in [5.74, 6) is 1.94. The van der Waals surface area contributed by atoms with E-state index in [2.05, 4.69) is 9.36 Å². The maximum atomic E-state index is 5.66. The van der Waals surface area contributed by atoms with Crippen molar-refractivity contribution in [2.75, 3.05) is 12.8 Å². The predicted molar refractivity (Wildman–Crippen MR) is 66.8 cm³/mol. The number of benzene rings is 1. The van der Waals surface area contributed by atoms with Gasteiger partial charge in [0.15, 0.2) is 11.5 Å². The Bertz CT molecular complexity index is 513. The standard InChI is InChI=1S/C11H13N3O2S/c1-3-10-13-11(17-14-10)16-8-5-4-7(12)6-9(8)15-2/h4-6H,3,12H2,1-2H3. The molecular formula is C11H13N3O2S. The monoisotopic (exact) mass is 251 g/mol. The highest BCUT2D eigenvalue weighted by Gasteiger charge is 2.09. The van der Waals surface area contributed by atoms with Gasteiger partial charge in [-0.1, -0.05) is 6.92 Å². The number of rotatable bonds is 4. The molecule has 2 N–H and O–H groups in total. The molecule has 0 bridgehead atoms. The third-order valence-electron chi connectivity index (χ3n) is 2.15. The molecule has 0 fully saturated rings. The summed E-state index contributed by atoms with van der Waals surface area (Å²) in [5.41, 5.74) is 6.29. The van der Waals surface area contributed by atoms with E-state index in [1.165, 1.54) is 11.5 Å². The molecule has 6 heteroatoms. The first-order valence-electron chi connectivity index (χ1n) is 5.17. The number of nitrogen functional groups attached to an aromatic ring is 1. The number of nitrogens with two attached hydrogens (primary N) is 1.